The van der Waals surface area contributed by atoms with Crippen molar-refractivity contribution in [1.82, 2.24) is 4.57 Å². The molecule has 0 aromatic carbocycles. The van der Waals surface area contributed by atoms with Crippen LogP contribution in [0.15, 0.2) is 61.5 Å². The molecule has 124 valence electrons. The van der Waals surface area contributed by atoms with Crippen LogP contribution in [0.5, 0.6) is 0 Å². The highest BCUT2D eigenvalue weighted by Crippen LogP contribution is 2.06. The number of carbonyl (C=O) groups excluding carboxylic acids is 1. The van der Waals surface area contributed by atoms with Gasteiger partial charge in [0.1, 0.15) is 22.9 Å². The maximum absolute atomic E-state index is 12.4. The highest BCUT2D eigenvalue weighted by atomic mass is 32.1. The first-order chi connectivity index (χ1) is 11.7. The van der Waals surface area contributed by atoms with Crippen LogP contribution in [0.2, 0.25) is 0 Å². The number of methoxy groups -OCH3 is 1. The molecule has 3 aromatic rings. The van der Waals surface area contributed by atoms with Crippen molar-refractivity contribution in [2.75, 3.05) is 7.11 Å². The lowest BCUT2D eigenvalue weighted by Crippen LogP contribution is -2.33. The van der Waals surface area contributed by atoms with Crippen molar-refractivity contribution in [3.8, 4) is 0 Å². The number of furan rings is 2. The summed E-state index contributed by atoms with van der Waals surface area (Å²) in [5.74, 6) is 0.698. The first-order valence-corrected chi connectivity index (χ1v) is 7.87. The van der Waals surface area contributed by atoms with Crippen molar-refractivity contribution in [1.29, 1.82) is 0 Å². The average Bonchev–Trinajstić information content (AvgIpc) is 3.27. The van der Waals surface area contributed by atoms with E-state index in [1.807, 2.05) is 0 Å². The molecule has 8 heteroatoms. The van der Waals surface area contributed by atoms with Crippen molar-refractivity contribution in [3.63, 3.8) is 0 Å². The minimum atomic E-state index is -0.573. The Balaban J connectivity index is 2.06. The smallest absolute Gasteiger partial charge is 0.348 e. The fourth-order valence-corrected chi connectivity index (χ4v) is 2.95. The van der Waals surface area contributed by atoms with Crippen molar-refractivity contribution in [2.24, 2.45) is 4.99 Å². The number of aromatic nitrogens is 1. The van der Waals surface area contributed by atoms with E-state index in [9.17, 15) is 9.59 Å². The van der Waals surface area contributed by atoms with Crippen molar-refractivity contribution >= 4 is 17.3 Å². The molecule has 0 saturated heterocycles. The van der Waals surface area contributed by atoms with Crippen LogP contribution >= 0.6 is 11.3 Å². The Kier molecular flexibility index (Phi) is 4.76. The van der Waals surface area contributed by atoms with Crippen LogP contribution in [0.1, 0.15) is 21.2 Å². The Labute approximate surface area is 140 Å². The topological polar surface area (TPSA) is 86.9 Å². The molecular weight excluding hydrogens is 332 g/mol. The molecule has 7 nitrogen and oxygen atoms in total. The molecule has 3 heterocycles. The summed E-state index contributed by atoms with van der Waals surface area (Å²) in [5, 5.41) is 0. The Bertz CT molecular complexity index is 936. The summed E-state index contributed by atoms with van der Waals surface area (Å²) in [7, 11) is 1.27. The maximum atomic E-state index is 12.4. The second-order valence-electron chi connectivity index (χ2n) is 4.78. The first-order valence-electron chi connectivity index (χ1n) is 7.06. The molecule has 0 radical (unpaired) electrons. The lowest BCUT2D eigenvalue weighted by molar-refractivity contribution is 0.0606. The molecule has 0 aliphatic carbocycles. The zero-order chi connectivity index (χ0) is 16.9. The van der Waals surface area contributed by atoms with Crippen LogP contribution < -0.4 is 10.4 Å². The number of ether oxygens (including phenoxy) is 1. The van der Waals surface area contributed by atoms with E-state index in [1.54, 1.807) is 30.5 Å². The van der Waals surface area contributed by atoms with E-state index in [2.05, 4.69) is 9.73 Å². The van der Waals surface area contributed by atoms with Crippen LogP contribution in [0.4, 0.5) is 0 Å². The van der Waals surface area contributed by atoms with Gasteiger partial charge in [-0.3, -0.25) is 14.4 Å². The fraction of sp³-hybridized carbons (Fsp3) is 0.188. The third kappa shape index (κ3) is 3.54. The van der Waals surface area contributed by atoms with Crippen LogP contribution in [0.25, 0.3) is 0 Å². The number of hydrogen-bond donors (Lipinski definition) is 0. The number of carbonyl (C=O) groups is 1. The number of esters is 1. The summed E-state index contributed by atoms with van der Waals surface area (Å²) in [6.45, 7) is 0.479. The summed E-state index contributed by atoms with van der Waals surface area (Å²) in [6, 6.07) is 8.29. The molecule has 0 bridgehead atoms. The number of rotatable bonds is 5. The summed E-state index contributed by atoms with van der Waals surface area (Å²) >= 11 is 1.08. The Hall–Kier alpha value is -2.87. The normalized spacial score (nSPS) is 11.6. The van der Waals surface area contributed by atoms with Gasteiger partial charge in [0, 0.05) is 6.07 Å². The monoisotopic (exact) mass is 346 g/mol. The van der Waals surface area contributed by atoms with Crippen LogP contribution in [0, 0.1) is 0 Å². The van der Waals surface area contributed by atoms with Crippen molar-refractivity contribution in [2.45, 2.75) is 13.1 Å². The molecule has 0 atom stereocenters. The minimum absolute atomic E-state index is 0.191. The zero-order valence-corrected chi connectivity index (χ0v) is 13.6. The molecule has 3 aromatic heterocycles. The molecule has 3 rings (SSSR count). The molecule has 0 aliphatic rings. The summed E-state index contributed by atoms with van der Waals surface area (Å²) in [5.41, 5.74) is -0.358. The molecule has 24 heavy (non-hydrogen) atoms. The number of nitrogens with zero attached hydrogens (tertiary/aromatic N) is 2. The van der Waals surface area contributed by atoms with E-state index < -0.39 is 5.97 Å². The lowest BCUT2D eigenvalue weighted by atomic mass is 10.4. The third-order valence-electron chi connectivity index (χ3n) is 3.18. The predicted octanol–water partition coefficient (Wildman–Crippen LogP) is 2.03. The van der Waals surface area contributed by atoms with E-state index in [1.165, 1.54) is 24.0 Å². The Morgan fingerprint density at radius 2 is 1.96 bits per heavy atom. The van der Waals surface area contributed by atoms with Crippen LogP contribution in [-0.2, 0) is 17.8 Å². The van der Waals surface area contributed by atoms with Gasteiger partial charge in [-0.05, 0) is 24.3 Å². The summed E-state index contributed by atoms with van der Waals surface area (Å²) < 4.78 is 16.7. The Morgan fingerprint density at radius 1 is 1.25 bits per heavy atom. The largest absolute Gasteiger partial charge is 0.467 e. The van der Waals surface area contributed by atoms with E-state index in [4.69, 9.17) is 8.83 Å². The van der Waals surface area contributed by atoms with Gasteiger partial charge in [0.2, 0.25) is 0 Å². The molecule has 0 saturated carbocycles. The molecule has 0 N–H and O–H groups in total. The van der Waals surface area contributed by atoms with Crippen LogP contribution in [-0.4, -0.2) is 17.6 Å². The maximum Gasteiger partial charge on any atom is 0.348 e. The molecular formula is C16H14N2O5S. The van der Waals surface area contributed by atoms with Gasteiger partial charge in [0.05, 0.1) is 26.2 Å². The molecule has 0 spiro atoms. The van der Waals surface area contributed by atoms with Gasteiger partial charge in [0.15, 0.2) is 4.80 Å². The quantitative estimate of drug-likeness (QED) is 0.660. The van der Waals surface area contributed by atoms with Gasteiger partial charge in [-0.25, -0.2) is 4.79 Å². The second-order valence-corrected chi connectivity index (χ2v) is 5.79. The van der Waals surface area contributed by atoms with Gasteiger partial charge < -0.3 is 13.6 Å². The SMILES string of the molecule is COC(=O)c1cc(=O)n(Cc2ccco2)c(=NCc2ccco2)s1. The van der Waals surface area contributed by atoms with Crippen molar-refractivity contribution < 1.29 is 18.4 Å². The molecule has 0 amide bonds. The highest BCUT2D eigenvalue weighted by Gasteiger charge is 2.12. The fourth-order valence-electron chi connectivity index (χ4n) is 2.04. The van der Waals surface area contributed by atoms with E-state index in [-0.39, 0.29) is 23.5 Å². The van der Waals surface area contributed by atoms with Gasteiger partial charge in [-0.15, -0.1) is 0 Å². The van der Waals surface area contributed by atoms with E-state index in [0.29, 0.717) is 16.3 Å². The van der Waals surface area contributed by atoms with E-state index in [0.717, 1.165) is 11.3 Å². The van der Waals surface area contributed by atoms with Gasteiger partial charge in [0.25, 0.3) is 5.56 Å². The lowest BCUT2D eigenvalue weighted by Gasteiger charge is -2.06. The summed E-state index contributed by atoms with van der Waals surface area (Å²) in [6.07, 6.45) is 3.08. The molecule has 0 aliphatic heterocycles. The van der Waals surface area contributed by atoms with Gasteiger partial charge >= 0.3 is 5.97 Å². The van der Waals surface area contributed by atoms with Gasteiger partial charge in [-0.2, -0.15) is 0 Å². The zero-order valence-electron chi connectivity index (χ0n) is 12.8. The molecule has 0 fully saturated rings. The van der Waals surface area contributed by atoms with E-state index >= 15 is 0 Å². The van der Waals surface area contributed by atoms with Crippen LogP contribution in [0.3, 0.4) is 0 Å². The molecule has 0 unspecified atom stereocenters. The minimum Gasteiger partial charge on any atom is -0.467 e. The highest BCUT2D eigenvalue weighted by molar-refractivity contribution is 7.11. The predicted molar refractivity (Wildman–Crippen MR) is 85.7 cm³/mol. The summed E-state index contributed by atoms with van der Waals surface area (Å²) in [4.78, 5) is 29.1. The second kappa shape index (κ2) is 7.14. The van der Waals surface area contributed by atoms with Crippen molar-refractivity contribution in [3.05, 3.63) is 74.4 Å². The van der Waals surface area contributed by atoms with Gasteiger partial charge in [-0.1, -0.05) is 11.3 Å². The third-order valence-corrected chi connectivity index (χ3v) is 4.22. The first kappa shape index (κ1) is 16.0. The average molecular weight is 346 g/mol. The Morgan fingerprint density at radius 3 is 2.58 bits per heavy atom. The standard InChI is InChI=1S/C16H14N2O5S/c1-21-15(20)13-8-14(19)18(10-12-5-3-7-23-12)16(24-13)17-9-11-4-2-6-22-11/h2-8H,9-10H2,1H3. The number of hydrogen-bond acceptors (Lipinski definition) is 7.